The van der Waals surface area contributed by atoms with Gasteiger partial charge in [-0.2, -0.15) is 5.26 Å². The van der Waals surface area contributed by atoms with Crippen LogP contribution in [0.3, 0.4) is 0 Å². The van der Waals surface area contributed by atoms with Gasteiger partial charge in [-0.05, 0) is 57.8 Å². The Kier molecular flexibility index (Phi) is 3.20. The highest BCUT2D eigenvalue weighted by Gasteiger charge is 2.52. The van der Waals surface area contributed by atoms with Gasteiger partial charge in [0, 0.05) is 0 Å². The Morgan fingerprint density at radius 1 is 1.16 bits per heavy atom. The number of benzene rings is 1. The van der Waals surface area contributed by atoms with E-state index < -0.39 is 24.1 Å². The number of hydrogen-bond acceptors (Lipinski definition) is 3. The Morgan fingerprint density at radius 2 is 1.68 bits per heavy atom. The van der Waals surface area contributed by atoms with Gasteiger partial charge in [0.2, 0.25) is 0 Å². The molecule has 1 aromatic rings. The van der Waals surface area contributed by atoms with E-state index in [1.165, 1.54) is 6.07 Å². The van der Waals surface area contributed by atoms with Crippen molar-refractivity contribution in [2.45, 2.75) is 45.8 Å². The minimum Gasteiger partial charge on any atom is -0.399 e. The molecule has 0 aliphatic carbocycles. The molecule has 2 rings (SSSR count). The van der Waals surface area contributed by atoms with E-state index in [0.717, 1.165) is 0 Å². The molecule has 0 bridgehead atoms. The first-order chi connectivity index (χ1) is 8.68. The van der Waals surface area contributed by atoms with Crippen LogP contribution in [0.1, 0.15) is 38.8 Å². The van der Waals surface area contributed by atoms with Crippen molar-refractivity contribution in [1.29, 1.82) is 5.26 Å². The maximum atomic E-state index is 13.8. The van der Waals surface area contributed by atoms with Crippen LogP contribution in [-0.2, 0) is 9.31 Å². The highest BCUT2D eigenvalue weighted by molar-refractivity contribution is 6.62. The van der Waals surface area contributed by atoms with Crippen molar-refractivity contribution in [3.63, 3.8) is 0 Å². The van der Waals surface area contributed by atoms with Crippen LogP contribution < -0.4 is 5.46 Å². The van der Waals surface area contributed by atoms with Gasteiger partial charge >= 0.3 is 7.12 Å². The number of rotatable bonds is 1. The normalized spacial score (nSPS) is 20.4. The van der Waals surface area contributed by atoms with Crippen LogP contribution in [-0.4, -0.2) is 18.3 Å². The van der Waals surface area contributed by atoms with Gasteiger partial charge < -0.3 is 9.31 Å². The first kappa shape index (κ1) is 14.0. The molecule has 19 heavy (non-hydrogen) atoms. The average Bonchev–Trinajstić information content (AvgIpc) is 2.51. The molecule has 0 spiro atoms. The van der Waals surface area contributed by atoms with Crippen molar-refractivity contribution in [2.75, 3.05) is 0 Å². The molecule has 1 aliphatic heterocycles. The second-order valence-corrected chi connectivity index (χ2v) is 5.87. The van der Waals surface area contributed by atoms with Gasteiger partial charge in [0.15, 0.2) is 0 Å². The molecule has 0 atom stereocenters. The minimum absolute atomic E-state index is 0.271. The second kappa shape index (κ2) is 4.33. The summed E-state index contributed by atoms with van der Waals surface area (Å²) in [7, 11) is -0.646. The first-order valence-corrected chi connectivity index (χ1v) is 6.24. The van der Waals surface area contributed by atoms with Gasteiger partial charge in [-0.1, -0.05) is 0 Å². The van der Waals surface area contributed by atoms with Crippen molar-refractivity contribution in [3.8, 4) is 6.07 Å². The molecule has 100 valence electrons. The summed E-state index contributed by atoms with van der Waals surface area (Å²) in [6.07, 6.45) is 0. The number of halogens is 1. The van der Waals surface area contributed by atoms with Crippen LogP contribution in [0.5, 0.6) is 0 Å². The zero-order valence-electron chi connectivity index (χ0n) is 11.9. The lowest BCUT2D eigenvalue weighted by molar-refractivity contribution is 0.00578. The molecule has 1 saturated heterocycles. The smallest absolute Gasteiger partial charge is 0.399 e. The lowest BCUT2D eigenvalue weighted by Gasteiger charge is -2.32. The third-order valence-corrected chi connectivity index (χ3v) is 4.02. The predicted octanol–water partition coefficient (Wildman–Crippen LogP) is 2.30. The van der Waals surface area contributed by atoms with E-state index in [1.54, 1.807) is 13.0 Å². The Labute approximate surface area is 113 Å². The Bertz CT molecular complexity index is 547. The molecule has 1 heterocycles. The summed E-state index contributed by atoms with van der Waals surface area (Å²) in [5, 5.41) is 8.93. The molecule has 0 radical (unpaired) electrons. The van der Waals surface area contributed by atoms with E-state index in [2.05, 4.69) is 0 Å². The van der Waals surface area contributed by atoms with Gasteiger partial charge in [0.05, 0.1) is 22.8 Å². The zero-order chi connectivity index (χ0) is 14.4. The minimum atomic E-state index is -0.646. The molecule has 5 heteroatoms. The van der Waals surface area contributed by atoms with Crippen molar-refractivity contribution in [2.24, 2.45) is 0 Å². The van der Waals surface area contributed by atoms with E-state index in [1.807, 2.05) is 33.8 Å². The predicted molar refractivity (Wildman–Crippen MR) is 71.6 cm³/mol. The molecular weight excluding hydrogens is 244 g/mol. The quantitative estimate of drug-likeness (QED) is 0.728. The average molecular weight is 261 g/mol. The van der Waals surface area contributed by atoms with Crippen LogP contribution in [0, 0.1) is 24.1 Å². The van der Waals surface area contributed by atoms with E-state index in [4.69, 9.17) is 14.6 Å². The Hall–Kier alpha value is -1.38. The second-order valence-electron chi connectivity index (χ2n) is 5.87. The highest BCUT2D eigenvalue weighted by Crippen LogP contribution is 2.36. The van der Waals surface area contributed by atoms with Crippen molar-refractivity contribution in [1.82, 2.24) is 0 Å². The third-order valence-electron chi connectivity index (χ3n) is 4.02. The maximum absolute atomic E-state index is 13.8. The summed E-state index contributed by atoms with van der Waals surface area (Å²) in [5.41, 5.74) is 0.340. The molecule has 0 aromatic heterocycles. The first-order valence-electron chi connectivity index (χ1n) is 6.24. The lowest BCUT2D eigenvalue weighted by Crippen LogP contribution is -2.41. The summed E-state index contributed by atoms with van der Waals surface area (Å²) < 4.78 is 25.6. The van der Waals surface area contributed by atoms with Gasteiger partial charge in [-0.25, -0.2) is 4.39 Å². The van der Waals surface area contributed by atoms with E-state index in [-0.39, 0.29) is 5.56 Å². The van der Waals surface area contributed by atoms with Crippen LogP contribution in [0.15, 0.2) is 12.1 Å². The van der Waals surface area contributed by atoms with Crippen LogP contribution in [0.4, 0.5) is 4.39 Å². The van der Waals surface area contributed by atoms with E-state index in [0.29, 0.717) is 11.0 Å². The summed E-state index contributed by atoms with van der Waals surface area (Å²) in [6.45, 7) is 9.41. The number of nitrogens with zero attached hydrogens (tertiary/aromatic N) is 1. The zero-order valence-corrected chi connectivity index (χ0v) is 11.9. The van der Waals surface area contributed by atoms with Crippen molar-refractivity contribution < 1.29 is 13.7 Å². The number of hydrogen-bond donors (Lipinski definition) is 0. The summed E-state index contributed by atoms with van der Waals surface area (Å²) >= 11 is 0. The van der Waals surface area contributed by atoms with E-state index in [9.17, 15) is 4.39 Å². The number of nitriles is 1. The van der Waals surface area contributed by atoms with Crippen LogP contribution in [0.25, 0.3) is 0 Å². The lowest BCUT2D eigenvalue weighted by atomic mass is 9.75. The van der Waals surface area contributed by atoms with Crippen LogP contribution >= 0.6 is 0 Å². The standard InChI is InChI=1S/C14H17BFNO2/c1-9-11(6-10(8-17)7-12(9)16)15-18-13(2,3)14(4,5)19-15/h6-7H,1-5H3. The topological polar surface area (TPSA) is 42.2 Å². The molecule has 3 nitrogen and oxygen atoms in total. The maximum Gasteiger partial charge on any atom is 0.495 e. The molecule has 1 aromatic carbocycles. The molecule has 0 amide bonds. The summed E-state index contributed by atoms with van der Waals surface area (Å²) in [4.78, 5) is 0. The van der Waals surface area contributed by atoms with E-state index >= 15 is 0 Å². The fourth-order valence-corrected chi connectivity index (χ4v) is 1.98. The van der Waals surface area contributed by atoms with Gasteiger partial charge in [-0.3, -0.25) is 0 Å². The molecule has 0 saturated carbocycles. The molecular formula is C14H17BFNO2. The molecule has 0 N–H and O–H groups in total. The SMILES string of the molecule is Cc1c(F)cc(C#N)cc1B1OC(C)(C)C(C)(C)O1. The fraction of sp³-hybridized carbons (Fsp3) is 0.500. The summed E-state index contributed by atoms with van der Waals surface area (Å²) in [6, 6.07) is 4.80. The summed E-state index contributed by atoms with van der Waals surface area (Å²) in [5.74, 6) is -0.413. The van der Waals surface area contributed by atoms with Gasteiger partial charge in [0.25, 0.3) is 0 Å². The Balaban J connectivity index is 2.45. The largest absolute Gasteiger partial charge is 0.495 e. The molecule has 0 unspecified atom stereocenters. The van der Waals surface area contributed by atoms with Crippen molar-refractivity contribution in [3.05, 3.63) is 29.1 Å². The fourth-order valence-electron chi connectivity index (χ4n) is 1.98. The Morgan fingerprint density at radius 3 is 2.16 bits per heavy atom. The van der Waals surface area contributed by atoms with Crippen molar-refractivity contribution >= 4 is 12.6 Å². The van der Waals surface area contributed by atoms with Gasteiger partial charge in [0.1, 0.15) is 5.82 Å². The molecule has 1 aliphatic rings. The third kappa shape index (κ3) is 2.26. The molecule has 1 fully saturated rings. The van der Waals surface area contributed by atoms with Crippen LogP contribution in [0.2, 0.25) is 0 Å². The monoisotopic (exact) mass is 261 g/mol. The van der Waals surface area contributed by atoms with Gasteiger partial charge in [-0.15, -0.1) is 0 Å². The highest BCUT2D eigenvalue weighted by atomic mass is 19.1.